The quantitative estimate of drug-likeness (QED) is 0.385. The van der Waals surface area contributed by atoms with Crippen LogP contribution in [0.1, 0.15) is 37.0 Å². The summed E-state index contributed by atoms with van der Waals surface area (Å²) in [7, 11) is -0.462. The molecule has 1 saturated carbocycles. The summed E-state index contributed by atoms with van der Waals surface area (Å²) in [5.41, 5.74) is 2.58. The molecule has 0 bridgehead atoms. The third kappa shape index (κ3) is 5.56. The predicted octanol–water partition coefficient (Wildman–Crippen LogP) is 3.79. The largest absolute Gasteiger partial charge is 0.494 e. The highest BCUT2D eigenvalue weighted by Gasteiger charge is 2.30. The molecule has 0 radical (unpaired) electrons. The van der Waals surface area contributed by atoms with Gasteiger partial charge in [-0.15, -0.1) is 0 Å². The highest BCUT2D eigenvalue weighted by molar-refractivity contribution is 7.91. The minimum atomic E-state index is -3.50. The number of benzene rings is 1. The van der Waals surface area contributed by atoms with Gasteiger partial charge in [0.2, 0.25) is 5.91 Å². The maximum atomic E-state index is 12.5. The predicted molar refractivity (Wildman–Crippen MR) is 141 cm³/mol. The van der Waals surface area contributed by atoms with Gasteiger partial charge in [-0.2, -0.15) is 0 Å². The number of rotatable bonds is 9. The fraction of sp³-hybridized carbons (Fsp3) is 0.308. The van der Waals surface area contributed by atoms with Crippen LogP contribution in [-0.2, 0) is 14.6 Å². The number of anilines is 3. The molecule has 10 nitrogen and oxygen atoms in total. The van der Waals surface area contributed by atoms with Crippen molar-refractivity contribution >= 4 is 38.8 Å². The molecular formula is C26H29N5O5S. The second kappa shape index (κ2) is 10.6. The minimum Gasteiger partial charge on any atom is -0.494 e. The van der Waals surface area contributed by atoms with Crippen LogP contribution in [0.3, 0.4) is 0 Å². The summed E-state index contributed by atoms with van der Waals surface area (Å²) < 4.78 is 30.6. The molecule has 11 heteroatoms. The van der Waals surface area contributed by atoms with Crippen LogP contribution in [0.4, 0.5) is 17.2 Å². The van der Waals surface area contributed by atoms with Crippen LogP contribution in [0.2, 0.25) is 0 Å². The molecule has 1 fully saturated rings. The summed E-state index contributed by atoms with van der Waals surface area (Å²) >= 11 is 0. The Morgan fingerprint density at radius 2 is 1.81 bits per heavy atom. The number of carbonyl (C=O) groups is 2. The Morgan fingerprint density at radius 3 is 2.41 bits per heavy atom. The lowest BCUT2D eigenvalue weighted by atomic mass is 10.0. The number of ether oxygens (including phenoxy) is 1. The lowest BCUT2D eigenvalue weighted by molar-refractivity contribution is -0.117. The van der Waals surface area contributed by atoms with Crippen LogP contribution in [0.5, 0.6) is 5.75 Å². The Hall–Kier alpha value is -3.99. The van der Waals surface area contributed by atoms with Gasteiger partial charge in [-0.3, -0.25) is 9.59 Å². The molecule has 0 unspecified atom stereocenters. The second-order valence-electron chi connectivity index (χ2n) is 8.95. The van der Waals surface area contributed by atoms with Crippen molar-refractivity contribution in [3.8, 4) is 16.9 Å². The lowest BCUT2D eigenvalue weighted by Gasteiger charge is -2.18. The standard InChI is InChI=1S/C26H29N5O5S/c1-15(2)37(34,35)23-11-10-17(13-29-23)18-6-5-7-20(24(18)36-4)30-21-12-22(31-25(32)16-8-9-16)28-14-19(21)26(33)27-3/h5-7,10-16H,8-9H2,1-4H3,(H,27,33)(H2,28,30,31,32). The highest BCUT2D eigenvalue weighted by Crippen LogP contribution is 2.39. The molecule has 2 amide bonds. The van der Waals surface area contributed by atoms with Gasteiger partial charge in [-0.25, -0.2) is 18.4 Å². The molecule has 1 aromatic carbocycles. The molecule has 194 valence electrons. The van der Waals surface area contributed by atoms with Crippen molar-refractivity contribution in [3.05, 3.63) is 54.4 Å². The van der Waals surface area contributed by atoms with Crippen LogP contribution >= 0.6 is 0 Å². The number of para-hydroxylation sites is 1. The number of nitrogens with zero attached hydrogens (tertiary/aromatic N) is 2. The molecule has 0 aliphatic heterocycles. The van der Waals surface area contributed by atoms with Crippen molar-refractivity contribution < 1.29 is 22.7 Å². The maximum Gasteiger partial charge on any atom is 0.254 e. The van der Waals surface area contributed by atoms with E-state index >= 15 is 0 Å². The molecule has 3 N–H and O–H groups in total. The van der Waals surface area contributed by atoms with Crippen molar-refractivity contribution in [2.24, 2.45) is 5.92 Å². The topological polar surface area (TPSA) is 139 Å². The molecule has 4 rings (SSSR count). The molecule has 37 heavy (non-hydrogen) atoms. The van der Waals surface area contributed by atoms with Crippen LogP contribution in [-0.4, -0.2) is 49.6 Å². The maximum absolute atomic E-state index is 12.5. The summed E-state index contributed by atoms with van der Waals surface area (Å²) in [5.74, 6) is 0.349. The minimum absolute atomic E-state index is 0.00382. The van der Waals surface area contributed by atoms with Crippen molar-refractivity contribution in [3.63, 3.8) is 0 Å². The summed E-state index contributed by atoms with van der Waals surface area (Å²) in [4.78, 5) is 33.1. The van der Waals surface area contributed by atoms with Crippen molar-refractivity contribution in [2.75, 3.05) is 24.8 Å². The van der Waals surface area contributed by atoms with Gasteiger partial charge in [0.25, 0.3) is 5.91 Å². The average Bonchev–Trinajstić information content (AvgIpc) is 3.74. The highest BCUT2D eigenvalue weighted by atomic mass is 32.2. The van der Waals surface area contributed by atoms with Crippen molar-refractivity contribution in [2.45, 2.75) is 37.0 Å². The van der Waals surface area contributed by atoms with Crippen LogP contribution in [0.15, 0.2) is 53.8 Å². The van der Waals surface area contributed by atoms with E-state index in [0.717, 1.165) is 12.8 Å². The Balaban J connectivity index is 1.70. The number of aromatic nitrogens is 2. The fourth-order valence-electron chi connectivity index (χ4n) is 3.69. The first kappa shape index (κ1) is 26.1. The van der Waals surface area contributed by atoms with E-state index in [9.17, 15) is 18.0 Å². The van der Waals surface area contributed by atoms with Gasteiger partial charge in [-0.05, 0) is 44.9 Å². The molecule has 1 aliphatic carbocycles. The first-order valence-electron chi connectivity index (χ1n) is 11.8. The van der Waals surface area contributed by atoms with Gasteiger partial charge in [0.1, 0.15) is 11.6 Å². The van der Waals surface area contributed by atoms with Gasteiger partial charge in [-0.1, -0.05) is 12.1 Å². The van der Waals surface area contributed by atoms with Crippen molar-refractivity contribution in [1.82, 2.24) is 15.3 Å². The molecule has 0 saturated heterocycles. The summed E-state index contributed by atoms with van der Waals surface area (Å²) in [6, 6.07) is 10.2. The Morgan fingerprint density at radius 1 is 1.05 bits per heavy atom. The Kier molecular flexibility index (Phi) is 7.44. The normalized spacial score (nSPS) is 13.2. The molecule has 0 spiro atoms. The number of carbonyl (C=O) groups excluding carboxylic acids is 2. The van der Waals surface area contributed by atoms with E-state index in [1.54, 1.807) is 38.1 Å². The third-order valence-corrected chi connectivity index (χ3v) is 8.09. The van der Waals surface area contributed by atoms with Gasteiger partial charge < -0.3 is 20.7 Å². The zero-order valence-corrected chi connectivity index (χ0v) is 21.8. The monoisotopic (exact) mass is 523 g/mol. The number of methoxy groups -OCH3 is 1. The number of nitrogens with one attached hydrogen (secondary N) is 3. The van der Waals surface area contributed by atoms with Gasteiger partial charge in [0.15, 0.2) is 14.9 Å². The second-order valence-corrected chi connectivity index (χ2v) is 11.4. The molecule has 0 atom stereocenters. The summed E-state index contributed by atoms with van der Waals surface area (Å²) in [5, 5.41) is 8.05. The van der Waals surface area contributed by atoms with Gasteiger partial charge >= 0.3 is 0 Å². The van der Waals surface area contributed by atoms with Crippen LogP contribution in [0, 0.1) is 5.92 Å². The number of hydrogen-bond donors (Lipinski definition) is 3. The Bertz CT molecular complexity index is 1430. The van der Waals surface area contributed by atoms with E-state index in [0.29, 0.717) is 34.1 Å². The van der Waals surface area contributed by atoms with E-state index < -0.39 is 15.1 Å². The first-order chi connectivity index (χ1) is 17.6. The van der Waals surface area contributed by atoms with E-state index in [-0.39, 0.29) is 28.3 Å². The van der Waals surface area contributed by atoms with Gasteiger partial charge in [0.05, 0.1) is 29.3 Å². The smallest absolute Gasteiger partial charge is 0.254 e. The van der Waals surface area contributed by atoms with Crippen molar-refractivity contribution in [1.29, 1.82) is 0 Å². The van der Waals surface area contributed by atoms with E-state index in [1.807, 2.05) is 6.07 Å². The van der Waals surface area contributed by atoms with E-state index in [4.69, 9.17) is 4.74 Å². The number of amides is 2. The summed E-state index contributed by atoms with van der Waals surface area (Å²) in [6.45, 7) is 3.22. The third-order valence-electron chi connectivity index (χ3n) is 6.02. The summed E-state index contributed by atoms with van der Waals surface area (Å²) in [6.07, 6.45) is 4.61. The van der Waals surface area contributed by atoms with E-state index in [2.05, 4.69) is 25.9 Å². The molecule has 3 aromatic rings. The average molecular weight is 524 g/mol. The van der Waals surface area contributed by atoms with E-state index in [1.165, 1.54) is 32.6 Å². The zero-order chi connectivity index (χ0) is 26.7. The first-order valence-corrected chi connectivity index (χ1v) is 13.4. The molecule has 2 heterocycles. The number of hydrogen-bond acceptors (Lipinski definition) is 8. The SMILES string of the molecule is CNC(=O)c1cnc(NC(=O)C2CC2)cc1Nc1cccc(-c2ccc(S(=O)(=O)C(C)C)nc2)c1OC. The Labute approximate surface area is 215 Å². The zero-order valence-electron chi connectivity index (χ0n) is 21.0. The number of pyridine rings is 2. The van der Waals surface area contributed by atoms with Gasteiger partial charge in [0, 0.05) is 42.6 Å². The number of sulfone groups is 1. The molecule has 2 aromatic heterocycles. The lowest BCUT2D eigenvalue weighted by Crippen LogP contribution is -2.20. The molecular weight excluding hydrogens is 494 g/mol. The van der Waals surface area contributed by atoms with Crippen LogP contribution < -0.4 is 20.7 Å². The fourth-order valence-corrected chi connectivity index (χ4v) is 4.63. The van der Waals surface area contributed by atoms with Crippen LogP contribution in [0.25, 0.3) is 11.1 Å². The molecule has 1 aliphatic rings.